The minimum Gasteiger partial charge on any atom is -0.467 e. The second kappa shape index (κ2) is 10.6. The first-order valence-corrected chi connectivity index (χ1v) is 12.4. The van der Waals surface area contributed by atoms with Crippen LogP contribution in [0.5, 0.6) is 0 Å². The van der Waals surface area contributed by atoms with Crippen molar-refractivity contribution in [1.29, 1.82) is 0 Å². The average molecular weight is 478 g/mol. The van der Waals surface area contributed by atoms with Crippen molar-refractivity contribution in [2.24, 2.45) is 5.92 Å². The molecule has 4 rings (SSSR count). The maximum Gasteiger partial charge on any atom is 0.230 e. The van der Waals surface area contributed by atoms with Crippen LogP contribution in [0.25, 0.3) is 0 Å². The highest BCUT2D eigenvalue weighted by molar-refractivity contribution is 7.99. The van der Waals surface area contributed by atoms with Gasteiger partial charge < -0.3 is 19.5 Å². The van der Waals surface area contributed by atoms with Crippen LogP contribution in [-0.2, 0) is 16.1 Å². The Hall–Kier alpha value is -2.26. The van der Waals surface area contributed by atoms with E-state index >= 15 is 0 Å². The number of nitrogens with one attached hydrogen (secondary N) is 1. The summed E-state index contributed by atoms with van der Waals surface area (Å²) in [6.07, 6.45) is 5.92. The highest BCUT2D eigenvalue weighted by Crippen LogP contribution is 2.29. The third-order valence-electron chi connectivity index (χ3n) is 5.97. The van der Waals surface area contributed by atoms with E-state index in [2.05, 4.69) is 27.1 Å². The summed E-state index contributed by atoms with van der Waals surface area (Å²) in [7, 11) is 0. The van der Waals surface area contributed by atoms with Crippen LogP contribution in [-0.4, -0.2) is 58.1 Å². The second-order valence-electron chi connectivity index (χ2n) is 8.28. The number of hydrogen-bond acceptors (Lipinski definition) is 7. The Kier molecular flexibility index (Phi) is 7.57. The molecule has 1 N–H and O–H groups in total. The highest BCUT2D eigenvalue weighted by Gasteiger charge is 2.33. The fourth-order valence-electron chi connectivity index (χ4n) is 4.29. The first-order chi connectivity index (χ1) is 15.5. The van der Waals surface area contributed by atoms with Crippen molar-refractivity contribution in [3.8, 4) is 0 Å². The molecule has 1 aliphatic heterocycles. The van der Waals surface area contributed by atoms with Gasteiger partial charge in [-0.05, 0) is 31.9 Å². The number of carbonyl (C=O) groups is 2. The fraction of sp³-hybridized carbons (Fsp3) is 0.545. The maximum atomic E-state index is 12.9. The van der Waals surface area contributed by atoms with Crippen molar-refractivity contribution >= 4 is 41.0 Å². The van der Waals surface area contributed by atoms with Gasteiger partial charge >= 0.3 is 0 Å². The molecule has 2 fully saturated rings. The highest BCUT2D eigenvalue weighted by atomic mass is 35.5. The van der Waals surface area contributed by atoms with Gasteiger partial charge in [0.15, 0.2) is 5.16 Å². The SMILES string of the molecule is CC1CN(c2cc(Cl)nc(SCC(=O)NCc3ccco3)n2)CCN1C(=O)C1CCCC1. The summed E-state index contributed by atoms with van der Waals surface area (Å²) in [4.78, 5) is 38.0. The summed E-state index contributed by atoms with van der Waals surface area (Å²) in [5.74, 6) is 1.96. The molecule has 2 amide bonds. The van der Waals surface area contributed by atoms with Crippen LogP contribution in [0.15, 0.2) is 34.0 Å². The predicted octanol–water partition coefficient (Wildman–Crippen LogP) is 3.36. The molecule has 1 atom stereocenters. The van der Waals surface area contributed by atoms with Gasteiger partial charge in [-0.1, -0.05) is 36.2 Å². The molecule has 0 bridgehead atoms. The predicted molar refractivity (Wildman–Crippen MR) is 124 cm³/mol. The number of aromatic nitrogens is 2. The first-order valence-electron chi connectivity index (χ1n) is 11.0. The summed E-state index contributed by atoms with van der Waals surface area (Å²) in [6, 6.07) is 5.43. The van der Waals surface area contributed by atoms with E-state index in [1.165, 1.54) is 11.8 Å². The largest absolute Gasteiger partial charge is 0.467 e. The number of rotatable bonds is 7. The van der Waals surface area contributed by atoms with E-state index in [9.17, 15) is 9.59 Å². The molecule has 172 valence electrons. The summed E-state index contributed by atoms with van der Waals surface area (Å²) in [6.45, 7) is 4.50. The second-order valence-corrected chi connectivity index (χ2v) is 9.61. The molecular formula is C22H28ClN5O3S. The number of carbonyl (C=O) groups excluding carboxylic acids is 2. The molecule has 3 heterocycles. The number of halogens is 1. The molecule has 2 aromatic rings. The fourth-order valence-corrected chi connectivity index (χ4v) is 5.20. The van der Waals surface area contributed by atoms with Crippen LogP contribution in [0.4, 0.5) is 5.82 Å². The van der Waals surface area contributed by atoms with E-state index in [0.717, 1.165) is 31.5 Å². The Balaban J connectivity index is 1.32. The first kappa shape index (κ1) is 22.9. The number of piperazine rings is 1. The smallest absolute Gasteiger partial charge is 0.230 e. The number of hydrogen-bond donors (Lipinski definition) is 1. The normalized spacial score (nSPS) is 19.4. The molecule has 2 aromatic heterocycles. The lowest BCUT2D eigenvalue weighted by atomic mass is 10.0. The molecule has 32 heavy (non-hydrogen) atoms. The standard InChI is InChI=1S/C22H28ClN5O3S/c1-15-13-27(8-9-28(15)21(30)16-5-2-3-6-16)19-11-18(23)25-22(26-19)32-14-20(29)24-12-17-7-4-10-31-17/h4,7,10-11,15-16H,2-3,5-6,8-9,12-14H2,1H3,(H,24,29). The topological polar surface area (TPSA) is 91.6 Å². The van der Waals surface area contributed by atoms with Gasteiger partial charge in [0.2, 0.25) is 11.8 Å². The van der Waals surface area contributed by atoms with Crippen molar-refractivity contribution in [3.63, 3.8) is 0 Å². The van der Waals surface area contributed by atoms with E-state index in [4.69, 9.17) is 16.0 Å². The number of amides is 2. The van der Waals surface area contributed by atoms with Gasteiger partial charge in [0, 0.05) is 37.7 Å². The van der Waals surface area contributed by atoms with Crippen molar-refractivity contribution in [3.05, 3.63) is 35.4 Å². The zero-order valence-corrected chi connectivity index (χ0v) is 19.7. The van der Waals surface area contributed by atoms with Crippen LogP contribution in [0.1, 0.15) is 38.4 Å². The minimum atomic E-state index is -0.135. The molecular weight excluding hydrogens is 450 g/mol. The van der Waals surface area contributed by atoms with E-state index in [1.807, 2.05) is 11.0 Å². The Morgan fingerprint density at radius 3 is 2.81 bits per heavy atom. The lowest BCUT2D eigenvalue weighted by Crippen LogP contribution is -2.55. The minimum absolute atomic E-state index is 0.106. The van der Waals surface area contributed by atoms with Gasteiger partial charge in [0.05, 0.1) is 18.6 Å². The summed E-state index contributed by atoms with van der Waals surface area (Å²) >= 11 is 7.49. The van der Waals surface area contributed by atoms with Crippen molar-refractivity contribution < 1.29 is 14.0 Å². The summed E-state index contributed by atoms with van der Waals surface area (Å²) in [5, 5.41) is 3.60. The van der Waals surface area contributed by atoms with E-state index < -0.39 is 0 Å². The van der Waals surface area contributed by atoms with E-state index in [1.54, 1.807) is 18.4 Å². The van der Waals surface area contributed by atoms with E-state index in [-0.39, 0.29) is 23.6 Å². The third kappa shape index (κ3) is 5.75. The summed E-state index contributed by atoms with van der Waals surface area (Å²) in [5.41, 5.74) is 0. The molecule has 1 aliphatic carbocycles. The molecule has 1 saturated heterocycles. The van der Waals surface area contributed by atoms with Crippen LogP contribution < -0.4 is 10.2 Å². The number of nitrogens with zero attached hydrogens (tertiary/aromatic N) is 4. The number of anilines is 1. The van der Waals surface area contributed by atoms with Crippen LogP contribution in [0.2, 0.25) is 5.15 Å². The van der Waals surface area contributed by atoms with Crippen molar-refractivity contribution in [1.82, 2.24) is 20.2 Å². The van der Waals surface area contributed by atoms with Gasteiger partial charge in [0.25, 0.3) is 0 Å². The van der Waals surface area contributed by atoms with Crippen LogP contribution in [0.3, 0.4) is 0 Å². The zero-order valence-electron chi connectivity index (χ0n) is 18.1. The average Bonchev–Trinajstić information content (AvgIpc) is 3.50. The lowest BCUT2D eigenvalue weighted by Gasteiger charge is -2.41. The van der Waals surface area contributed by atoms with E-state index in [0.29, 0.717) is 48.2 Å². The van der Waals surface area contributed by atoms with Crippen LogP contribution in [0, 0.1) is 5.92 Å². The monoisotopic (exact) mass is 477 g/mol. The van der Waals surface area contributed by atoms with Crippen molar-refractivity contribution in [2.75, 3.05) is 30.3 Å². The third-order valence-corrected chi connectivity index (χ3v) is 7.01. The molecule has 0 radical (unpaired) electrons. The van der Waals surface area contributed by atoms with Gasteiger partial charge in [-0.15, -0.1) is 0 Å². The Labute approximate surface area is 197 Å². The Morgan fingerprint density at radius 1 is 1.28 bits per heavy atom. The molecule has 0 spiro atoms. The molecule has 1 unspecified atom stereocenters. The van der Waals surface area contributed by atoms with Gasteiger partial charge in [-0.3, -0.25) is 9.59 Å². The molecule has 0 aromatic carbocycles. The Bertz CT molecular complexity index is 936. The molecule has 8 nitrogen and oxygen atoms in total. The maximum absolute atomic E-state index is 12.9. The quantitative estimate of drug-likeness (QED) is 0.371. The molecule has 1 saturated carbocycles. The number of thioether (sulfide) groups is 1. The molecule has 2 aliphatic rings. The lowest BCUT2D eigenvalue weighted by molar-refractivity contribution is -0.137. The van der Waals surface area contributed by atoms with Crippen LogP contribution >= 0.6 is 23.4 Å². The van der Waals surface area contributed by atoms with Gasteiger partial charge in [-0.2, -0.15) is 0 Å². The van der Waals surface area contributed by atoms with Gasteiger partial charge in [0.1, 0.15) is 16.7 Å². The summed E-state index contributed by atoms with van der Waals surface area (Å²) < 4.78 is 5.21. The van der Waals surface area contributed by atoms with Crippen molar-refractivity contribution in [2.45, 2.75) is 50.4 Å². The molecule has 10 heteroatoms. The van der Waals surface area contributed by atoms with Gasteiger partial charge in [-0.25, -0.2) is 9.97 Å². The number of furan rings is 1. The Morgan fingerprint density at radius 2 is 2.09 bits per heavy atom. The zero-order chi connectivity index (χ0) is 22.5.